The third kappa shape index (κ3) is 2.18. The number of hydrogen-bond donors (Lipinski definition) is 2. The Balaban J connectivity index is 2.32. The van der Waals surface area contributed by atoms with Gasteiger partial charge in [0.25, 0.3) is 0 Å². The number of amides is 3. The van der Waals surface area contributed by atoms with Gasteiger partial charge in [0, 0.05) is 31.5 Å². The molecule has 1 spiro atoms. The lowest BCUT2D eigenvalue weighted by Crippen LogP contribution is -2.54. The maximum absolute atomic E-state index is 11.6. The molecule has 0 aromatic carbocycles. The van der Waals surface area contributed by atoms with Crippen LogP contribution in [0.5, 0.6) is 0 Å². The van der Waals surface area contributed by atoms with E-state index in [1.807, 2.05) is 0 Å². The van der Waals surface area contributed by atoms with Crippen LogP contribution in [0.3, 0.4) is 0 Å². The molecule has 0 aliphatic carbocycles. The molecule has 1 fully saturated rings. The minimum absolute atomic E-state index is 0.360. The molecule has 102 valence electrons. The van der Waals surface area contributed by atoms with Gasteiger partial charge in [-0.2, -0.15) is 0 Å². The van der Waals surface area contributed by atoms with E-state index in [0.717, 1.165) is 0 Å². The average Bonchev–Trinajstić information content (AvgIpc) is 2.38. The molecule has 2 heterocycles. The first kappa shape index (κ1) is 13.1. The Hall–Kier alpha value is -2.31. The summed E-state index contributed by atoms with van der Waals surface area (Å²) >= 11 is 0. The third-order valence-electron chi connectivity index (χ3n) is 3.50. The van der Waals surface area contributed by atoms with Gasteiger partial charge >= 0.3 is 12.1 Å². The first-order valence-corrected chi connectivity index (χ1v) is 5.91. The number of rotatable bonds is 2. The maximum Gasteiger partial charge on any atom is 0.413 e. The molecule has 0 atom stereocenters. The number of alkyl carbamates (subject to hydrolysis) is 1. The molecule has 0 unspecified atom stereocenters. The van der Waals surface area contributed by atoms with E-state index in [1.165, 1.54) is 4.90 Å². The number of carbonyl (C=O) groups is 2. The summed E-state index contributed by atoms with van der Waals surface area (Å²) in [7, 11) is 0. The van der Waals surface area contributed by atoms with E-state index in [0.29, 0.717) is 37.3 Å². The lowest BCUT2D eigenvalue weighted by Gasteiger charge is -2.43. The summed E-state index contributed by atoms with van der Waals surface area (Å²) < 4.78 is 5.43. The summed E-state index contributed by atoms with van der Waals surface area (Å²) in [6.07, 6.45) is 1.96. The van der Waals surface area contributed by atoms with Crippen LogP contribution < -0.4 is 11.1 Å². The zero-order chi connectivity index (χ0) is 14.0. The monoisotopic (exact) mass is 264 g/mol. The zero-order valence-electron chi connectivity index (χ0n) is 10.5. The molecule has 0 saturated carbocycles. The van der Waals surface area contributed by atoms with Crippen LogP contribution in [0, 0.1) is 0 Å². The van der Waals surface area contributed by atoms with Crippen molar-refractivity contribution in [2.24, 2.45) is 10.7 Å². The topological polar surface area (TPSA) is 97.0 Å². The number of urea groups is 1. The van der Waals surface area contributed by atoms with Crippen LogP contribution in [-0.4, -0.2) is 42.4 Å². The number of carbonyl (C=O) groups excluding carboxylic acids is 2. The predicted octanol–water partition coefficient (Wildman–Crippen LogP) is 0.738. The van der Waals surface area contributed by atoms with Crippen LogP contribution in [0.25, 0.3) is 0 Å². The number of aliphatic imine (C=N–C) groups is 1. The van der Waals surface area contributed by atoms with Crippen LogP contribution in [0.15, 0.2) is 29.0 Å². The van der Waals surface area contributed by atoms with E-state index < -0.39 is 17.7 Å². The second-order valence-corrected chi connectivity index (χ2v) is 4.46. The van der Waals surface area contributed by atoms with Crippen molar-refractivity contribution in [2.75, 3.05) is 13.1 Å². The molecule has 7 heteroatoms. The second kappa shape index (κ2) is 4.75. The van der Waals surface area contributed by atoms with E-state index in [9.17, 15) is 9.59 Å². The second-order valence-electron chi connectivity index (χ2n) is 4.46. The summed E-state index contributed by atoms with van der Waals surface area (Å²) in [5.41, 5.74) is 5.13. The summed E-state index contributed by atoms with van der Waals surface area (Å²) in [6, 6.07) is -0.471. The van der Waals surface area contributed by atoms with Crippen molar-refractivity contribution >= 4 is 18.8 Å². The number of nitrogens with one attached hydrogen (secondary N) is 1. The molecule has 2 aliphatic heterocycles. The highest BCUT2D eigenvalue weighted by Gasteiger charge is 2.45. The highest BCUT2D eigenvalue weighted by Crippen LogP contribution is 2.38. The fourth-order valence-electron chi connectivity index (χ4n) is 2.50. The van der Waals surface area contributed by atoms with Gasteiger partial charge in [-0.25, -0.2) is 14.6 Å². The molecule has 0 radical (unpaired) electrons. The van der Waals surface area contributed by atoms with Gasteiger partial charge in [0.05, 0.1) is 0 Å². The molecule has 19 heavy (non-hydrogen) atoms. The van der Waals surface area contributed by atoms with Gasteiger partial charge in [0.2, 0.25) is 0 Å². The van der Waals surface area contributed by atoms with E-state index in [2.05, 4.69) is 23.6 Å². The van der Waals surface area contributed by atoms with Crippen molar-refractivity contribution in [1.29, 1.82) is 0 Å². The molecular weight excluding hydrogens is 248 g/mol. The van der Waals surface area contributed by atoms with E-state index in [1.54, 1.807) is 6.08 Å². The van der Waals surface area contributed by atoms with Crippen LogP contribution in [-0.2, 0) is 4.74 Å². The molecule has 0 bridgehead atoms. The predicted molar refractivity (Wildman–Crippen MR) is 69.5 cm³/mol. The lowest BCUT2D eigenvalue weighted by molar-refractivity contribution is -0.00537. The lowest BCUT2D eigenvalue weighted by atomic mass is 9.83. The first-order valence-electron chi connectivity index (χ1n) is 5.91. The zero-order valence-corrected chi connectivity index (χ0v) is 10.5. The maximum atomic E-state index is 11.6. The van der Waals surface area contributed by atoms with E-state index in [4.69, 9.17) is 10.5 Å². The molecule has 1 saturated heterocycles. The standard InChI is InChI=1S/C12H16N4O3/c1-3-8-9(14-2)15-11(18)19-12(8)4-6-16(7-5-12)10(13)17/h3H,1-2,4-7H2,(H2,13,17)(H,15,18). The van der Waals surface area contributed by atoms with Gasteiger partial charge in [-0.1, -0.05) is 12.7 Å². The van der Waals surface area contributed by atoms with Crippen LogP contribution >= 0.6 is 0 Å². The van der Waals surface area contributed by atoms with Gasteiger partial charge in [-0.15, -0.1) is 0 Å². The van der Waals surface area contributed by atoms with Crippen molar-refractivity contribution in [2.45, 2.75) is 18.4 Å². The number of ether oxygens (including phenoxy) is 1. The van der Waals surface area contributed by atoms with Crippen LogP contribution in [0.1, 0.15) is 12.8 Å². The minimum atomic E-state index is -0.799. The largest absolute Gasteiger partial charge is 0.437 e. The van der Waals surface area contributed by atoms with Crippen molar-refractivity contribution in [3.63, 3.8) is 0 Å². The number of primary amides is 1. The van der Waals surface area contributed by atoms with Gasteiger partial charge in [0.1, 0.15) is 11.4 Å². The number of likely N-dealkylation sites (tertiary alicyclic amines) is 1. The fraction of sp³-hybridized carbons (Fsp3) is 0.417. The molecule has 0 aromatic rings. The molecule has 2 aliphatic rings. The fourth-order valence-corrected chi connectivity index (χ4v) is 2.50. The van der Waals surface area contributed by atoms with Gasteiger partial charge in [-0.3, -0.25) is 5.32 Å². The van der Waals surface area contributed by atoms with Gasteiger partial charge in [0.15, 0.2) is 0 Å². The minimum Gasteiger partial charge on any atom is -0.437 e. The van der Waals surface area contributed by atoms with Crippen molar-refractivity contribution in [1.82, 2.24) is 10.2 Å². The van der Waals surface area contributed by atoms with E-state index in [-0.39, 0.29) is 0 Å². The van der Waals surface area contributed by atoms with Crippen molar-refractivity contribution in [3.8, 4) is 0 Å². The molecule has 7 nitrogen and oxygen atoms in total. The highest BCUT2D eigenvalue weighted by atomic mass is 16.6. The summed E-state index contributed by atoms with van der Waals surface area (Å²) in [5.74, 6) is 0.360. The smallest absolute Gasteiger partial charge is 0.413 e. The number of nitrogens with zero attached hydrogens (tertiary/aromatic N) is 2. The van der Waals surface area contributed by atoms with E-state index >= 15 is 0 Å². The molecular formula is C12H16N4O3. The van der Waals surface area contributed by atoms with Gasteiger partial charge < -0.3 is 15.4 Å². The Morgan fingerprint density at radius 2 is 2.16 bits per heavy atom. The Morgan fingerprint density at radius 1 is 1.53 bits per heavy atom. The SMILES string of the molecule is C=CC1=C(N=C)NC(=O)OC12CCN(C(N)=O)CC2. The number of piperidine rings is 1. The first-order chi connectivity index (χ1) is 9.02. The number of nitrogens with two attached hydrogens (primary N) is 1. The summed E-state index contributed by atoms with van der Waals surface area (Å²) in [5, 5.41) is 2.49. The summed E-state index contributed by atoms with van der Waals surface area (Å²) in [6.45, 7) is 8.00. The van der Waals surface area contributed by atoms with Gasteiger partial charge in [-0.05, 0) is 6.72 Å². The Morgan fingerprint density at radius 3 is 2.63 bits per heavy atom. The highest BCUT2D eigenvalue weighted by molar-refractivity contribution is 5.74. The summed E-state index contributed by atoms with van der Waals surface area (Å²) in [4.78, 5) is 28.0. The molecule has 3 N–H and O–H groups in total. The van der Waals surface area contributed by atoms with Crippen molar-refractivity contribution in [3.05, 3.63) is 24.0 Å². The quantitative estimate of drug-likeness (QED) is 0.720. The Bertz CT molecular complexity index is 475. The normalized spacial score (nSPS) is 21.7. The van der Waals surface area contributed by atoms with Crippen LogP contribution in [0.4, 0.5) is 9.59 Å². The molecule has 0 aromatic heterocycles. The Kier molecular flexibility index (Phi) is 3.28. The van der Waals surface area contributed by atoms with Crippen LogP contribution in [0.2, 0.25) is 0 Å². The Labute approximate surface area is 110 Å². The van der Waals surface area contributed by atoms with Crippen molar-refractivity contribution < 1.29 is 14.3 Å². The third-order valence-corrected chi connectivity index (χ3v) is 3.50. The molecule has 2 rings (SSSR count). The average molecular weight is 264 g/mol. The number of hydrogen-bond acceptors (Lipinski definition) is 4. The molecule has 3 amide bonds.